The van der Waals surface area contributed by atoms with E-state index >= 15 is 0 Å². The lowest BCUT2D eigenvalue weighted by molar-refractivity contribution is -0.0261. The molecule has 2 aromatic rings. The van der Waals surface area contributed by atoms with Crippen LogP contribution in [-0.4, -0.2) is 54.0 Å². The Labute approximate surface area is 135 Å². The molecule has 1 fully saturated rings. The minimum atomic E-state index is 0.118. The Morgan fingerprint density at radius 3 is 3.17 bits per heavy atom. The highest BCUT2D eigenvalue weighted by atomic mass is 16.6. The molecule has 0 aliphatic carbocycles. The van der Waals surface area contributed by atoms with Gasteiger partial charge in [0.1, 0.15) is 11.6 Å². The first-order valence-corrected chi connectivity index (χ1v) is 7.90. The zero-order chi connectivity index (χ0) is 15.9. The van der Waals surface area contributed by atoms with Crippen LogP contribution < -0.4 is 10.1 Å². The summed E-state index contributed by atoms with van der Waals surface area (Å²) in [4.78, 5) is 2.32. The minimum absolute atomic E-state index is 0.118. The monoisotopic (exact) mass is 318 g/mol. The number of nitrogens with one attached hydrogen (secondary N) is 1. The number of hydrogen-bond acceptors (Lipinski definition) is 7. The Hall–Kier alpha value is -2.12. The summed E-state index contributed by atoms with van der Waals surface area (Å²) < 4.78 is 16.8. The summed E-state index contributed by atoms with van der Waals surface area (Å²) in [6, 6.07) is 7.58. The highest BCUT2D eigenvalue weighted by Crippen LogP contribution is 2.18. The van der Waals surface area contributed by atoms with Crippen molar-refractivity contribution in [3.8, 4) is 5.95 Å². The highest BCUT2D eigenvalue weighted by molar-refractivity contribution is 5.31. The van der Waals surface area contributed by atoms with Crippen LogP contribution in [0.1, 0.15) is 12.7 Å². The second-order valence-electron chi connectivity index (χ2n) is 5.37. The molecule has 124 valence electrons. The van der Waals surface area contributed by atoms with Crippen molar-refractivity contribution in [2.75, 3.05) is 38.2 Å². The predicted octanol–water partition coefficient (Wildman–Crippen LogP) is 1.78. The van der Waals surface area contributed by atoms with Crippen LogP contribution in [0.4, 0.5) is 5.82 Å². The summed E-state index contributed by atoms with van der Waals surface area (Å²) >= 11 is 0. The molecule has 1 unspecified atom stereocenters. The van der Waals surface area contributed by atoms with E-state index in [2.05, 4.69) is 20.4 Å². The van der Waals surface area contributed by atoms with Crippen molar-refractivity contribution in [2.24, 2.45) is 0 Å². The maximum atomic E-state index is 5.80. The fraction of sp³-hybridized carbons (Fsp3) is 0.500. The molecule has 1 atom stereocenters. The molecule has 0 radical (unpaired) electrons. The molecule has 1 saturated heterocycles. The summed E-state index contributed by atoms with van der Waals surface area (Å²) in [6.45, 7) is 6.48. The Balaban J connectivity index is 1.47. The first-order valence-electron chi connectivity index (χ1n) is 7.90. The van der Waals surface area contributed by atoms with Gasteiger partial charge in [0.25, 0.3) is 5.95 Å². The van der Waals surface area contributed by atoms with Gasteiger partial charge < -0.3 is 19.2 Å². The molecule has 1 aliphatic heterocycles. The number of hydrogen-bond donors (Lipinski definition) is 1. The predicted molar refractivity (Wildman–Crippen MR) is 85.4 cm³/mol. The average molecular weight is 318 g/mol. The van der Waals surface area contributed by atoms with Gasteiger partial charge in [-0.2, -0.15) is 5.10 Å². The lowest BCUT2D eigenvalue weighted by atomic mass is 10.2. The van der Waals surface area contributed by atoms with Crippen LogP contribution in [0.15, 0.2) is 34.9 Å². The van der Waals surface area contributed by atoms with Gasteiger partial charge in [0.2, 0.25) is 0 Å². The SMILES string of the molecule is CCOc1ccc(CN2CCOC(CNc3cccnn3)C2)o1. The van der Waals surface area contributed by atoms with Gasteiger partial charge in [-0.15, -0.1) is 5.10 Å². The van der Waals surface area contributed by atoms with Crippen molar-refractivity contribution < 1.29 is 13.9 Å². The molecule has 3 heterocycles. The molecule has 0 bridgehead atoms. The number of nitrogens with zero attached hydrogens (tertiary/aromatic N) is 3. The standard InChI is InChI=1S/C16H22N4O3/c1-2-21-16-6-5-13(23-16)11-20-8-9-22-14(12-20)10-17-15-4-3-7-18-19-15/h3-7,14H,2,8-12H2,1H3,(H,17,19). The van der Waals surface area contributed by atoms with Crippen LogP contribution in [0.3, 0.4) is 0 Å². The molecule has 0 saturated carbocycles. The van der Waals surface area contributed by atoms with Gasteiger partial charge in [0, 0.05) is 31.9 Å². The molecular weight excluding hydrogens is 296 g/mol. The van der Waals surface area contributed by atoms with E-state index in [0.29, 0.717) is 25.7 Å². The van der Waals surface area contributed by atoms with Crippen molar-refractivity contribution in [1.29, 1.82) is 0 Å². The number of rotatable bonds is 7. The van der Waals surface area contributed by atoms with Gasteiger partial charge in [-0.25, -0.2) is 0 Å². The molecule has 0 aromatic carbocycles. The number of morpholine rings is 1. The summed E-state index contributed by atoms with van der Waals surface area (Å²) in [5.74, 6) is 2.26. The van der Waals surface area contributed by atoms with Gasteiger partial charge >= 0.3 is 0 Å². The van der Waals surface area contributed by atoms with Crippen LogP contribution in [0.2, 0.25) is 0 Å². The Kier molecular flexibility index (Phi) is 5.44. The lowest BCUT2D eigenvalue weighted by Gasteiger charge is -2.32. The smallest absolute Gasteiger partial charge is 0.284 e. The van der Waals surface area contributed by atoms with Gasteiger partial charge in [-0.05, 0) is 25.1 Å². The number of anilines is 1. The maximum absolute atomic E-state index is 5.80. The Morgan fingerprint density at radius 1 is 1.39 bits per heavy atom. The van der Waals surface area contributed by atoms with E-state index in [1.54, 1.807) is 6.20 Å². The van der Waals surface area contributed by atoms with Gasteiger partial charge in [0.05, 0.1) is 25.9 Å². The molecule has 1 N–H and O–H groups in total. The quantitative estimate of drug-likeness (QED) is 0.834. The molecule has 2 aromatic heterocycles. The third kappa shape index (κ3) is 4.67. The van der Waals surface area contributed by atoms with E-state index in [4.69, 9.17) is 13.9 Å². The third-order valence-corrected chi connectivity index (χ3v) is 3.61. The van der Waals surface area contributed by atoms with E-state index in [9.17, 15) is 0 Å². The first-order chi connectivity index (χ1) is 11.3. The Bertz CT molecular complexity index is 590. The zero-order valence-electron chi connectivity index (χ0n) is 13.3. The van der Waals surface area contributed by atoms with Crippen molar-refractivity contribution in [3.63, 3.8) is 0 Å². The molecule has 0 spiro atoms. The summed E-state index contributed by atoms with van der Waals surface area (Å²) in [6.07, 6.45) is 1.77. The van der Waals surface area contributed by atoms with Crippen LogP contribution in [0.5, 0.6) is 5.95 Å². The molecule has 7 nitrogen and oxygen atoms in total. The van der Waals surface area contributed by atoms with E-state index in [1.807, 2.05) is 31.2 Å². The van der Waals surface area contributed by atoms with Crippen molar-refractivity contribution >= 4 is 5.82 Å². The van der Waals surface area contributed by atoms with Crippen LogP contribution in [-0.2, 0) is 11.3 Å². The van der Waals surface area contributed by atoms with Gasteiger partial charge in [-0.1, -0.05) is 0 Å². The fourth-order valence-electron chi connectivity index (χ4n) is 2.55. The molecule has 23 heavy (non-hydrogen) atoms. The van der Waals surface area contributed by atoms with Crippen molar-refractivity contribution in [2.45, 2.75) is 19.6 Å². The fourth-order valence-corrected chi connectivity index (χ4v) is 2.55. The summed E-state index contributed by atoms with van der Waals surface area (Å²) in [5, 5.41) is 11.1. The minimum Gasteiger partial charge on any atom is -0.465 e. The van der Waals surface area contributed by atoms with E-state index in [-0.39, 0.29) is 6.10 Å². The van der Waals surface area contributed by atoms with Crippen molar-refractivity contribution in [3.05, 3.63) is 36.2 Å². The first kappa shape index (κ1) is 15.8. The van der Waals surface area contributed by atoms with E-state index in [0.717, 1.165) is 31.2 Å². The average Bonchev–Trinajstić information content (AvgIpc) is 3.02. The molecule has 1 aliphatic rings. The van der Waals surface area contributed by atoms with Crippen LogP contribution >= 0.6 is 0 Å². The second-order valence-corrected chi connectivity index (χ2v) is 5.37. The van der Waals surface area contributed by atoms with Crippen LogP contribution in [0, 0.1) is 0 Å². The third-order valence-electron chi connectivity index (χ3n) is 3.61. The number of aromatic nitrogens is 2. The molecule has 7 heteroatoms. The van der Waals surface area contributed by atoms with Gasteiger partial charge in [-0.3, -0.25) is 4.90 Å². The topological polar surface area (TPSA) is 72.7 Å². The second kappa shape index (κ2) is 7.94. The van der Waals surface area contributed by atoms with E-state index in [1.165, 1.54) is 0 Å². The Morgan fingerprint density at radius 2 is 2.35 bits per heavy atom. The highest BCUT2D eigenvalue weighted by Gasteiger charge is 2.21. The number of ether oxygens (including phenoxy) is 2. The van der Waals surface area contributed by atoms with E-state index < -0.39 is 0 Å². The van der Waals surface area contributed by atoms with Gasteiger partial charge in [0.15, 0.2) is 0 Å². The largest absolute Gasteiger partial charge is 0.465 e. The lowest BCUT2D eigenvalue weighted by Crippen LogP contribution is -2.44. The summed E-state index contributed by atoms with van der Waals surface area (Å²) in [7, 11) is 0. The number of furan rings is 1. The molecule has 0 amide bonds. The normalized spacial score (nSPS) is 18.7. The maximum Gasteiger partial charge on any atom is 0.284 e. The zero-order valence-corrected chi connectivity index (χ0v) is 13.3. The summed E-state index contributed by atoms with van der Waals surface area (Å²) in [5.41, 5.74) is 0. The molecule has 3 rings (SSSR count). The van der Waals surface area contributed by atoms with Crippen molar-refractivity contribution in [1.82, 2.24) is 15.1 Å². The molecular formula is C16H22N4O3. The van der Waals surface area contributed by atoms with Crippen LogP contribution in [0.25, 0.3) is 0 Å².